The molecule has 2 aromatic heterocycles. The summed E-state index contributed by atoms with van der Waals surface area (Å²) in [5, 5.41) is 0. The lowest BCUT2D eigenvalue weighted by Gasteiger charge is -2.04. The first kappa shape index (κ1) is 8.66. The zero-order valence-electron chi connectivity index (χ0n) is 6.90. The minimum Gasteiger partial charge on any atom is -0.321 e. The largest absolute Gasteiger partial charge is 0.321 e. The third-order valence-corrected chi connectivity index (χ3v) is 2.90. The molecule has 2 nitrogen and oxygen atoms in total. The van der Waals surface area contributed by atoms with Crippen molar-refractivity contribution in [3.63, 3.8) is 0 Å². The fourth-order valence-corrected chi connectivity index (χ4v) is 2.08. The van der Waals surface area contributed by atoms with Gasteiger partial charge in [0.05, 0.1) is 10.9 Å². The Kier molecular flexibility index (Phi) is 2.57. The molecule has 0 aromatic carbocycles. The van der Waals surface area contributed by atoms with Crippen molar-refractivity contribution in [3.8, 4) is 0 Å². The van der Waals surface area contributed by atoms with Gasteiger partial charge in [0.1, 0.15) is 0 Å². The van der Waals surface area contributed by atoms with E-state index in [9.17, 15) is 0 Å². The van der Waals surface area contributed by atoms with Crippen LogP contribution in [0.2, 0.25) is 4.34 Å². The van der Waals surface area contributed by atoms with E-state index in [-0.39, 0.29) is 0 Å². The Hall–Kier alpha value is -0.930. The second kappa shape index (κ2) is 3.85. The molecule has 1 N–H and O–H groups in total. The first-order chi connectivity index (χ1) is 6.34. The van der Waals surface area contributed by atoms with Crippen LogP contribution in [0, 0.1) is 0 Å². The van der Waals surface area contributed by atoms with E-state index in [0.717, 1.165) is 10.9 Å². The zero-order valence-corrected chi connectivity index (χ0v) is 8.48. The summed E-state index contributed by atoms with van der Waals surface area (Å²) in [7, 11) is 0. The molecular formula is C9H9ClN2S. The van der Waals surface area contributed by atoms with Gasteiger partial charge in [0.2, 0.25) is 0 Å². The van der Waals surface area contributed by atoms with Crippen molar-refractivity contribution in [1.82, 2.24) is 4.68 Å². The van der Waals surface area contributed by atoms with E-state index in [1.165, 1.54) is 4.88 Å². The van der Waals surface area contributed by atoms with Gasteiger partial charge in [0.25, 0.3) is 0 Å². The van der Waals surface area contributed by atoms with E-state index in [1.807, 2.05) is 41.3 Å². The van der Waals surface area contributed by atoms with Gasteiger partial charge in [-0.1, -0.05) is 11.6 Å². The molecule has 0 amide bonds. The van der Waals surface area contributed by atoms with E-state index in [0.29, 0.717) is 0 Å². The molecule has 2 rings (SSSR count). The molecular weight excluding hydrogens is 204 g/mol. The third-order valence-electron chi connectivity index (χ3n) is 1.67. The maximum absolute atomic E-state index is 5.80. The van der Waals surface area contributed by atoms with Gasteiger partial charge in [-0.2, -0.15) is 0 Å². The smallest absolute Gasteiger partial charge is 0.0931 e. The summed E-state index contributed by atoms with van der Waals surface area (Å²) < 4.78 is 2.76. The maximum atomic E-state index is 5.80. The van der Waals surface area contributed by atoms with Gasteiger partial charge < -0.3 is 5.43 Å². The molecule has 4 heteroatoms. The van der Waals surface area contributed by atoms with Crippen molar-refractivity contribution in [2.24, 2.45) is 0 Å². The fourth-order valence-electron chi connectivity index (χ4n) is 1.06. The van der Waals surface area contributed by atoms with E-state index in [4.69, 9.17) is 11.6 Å². The average Bonchev–Trinajstić information content (AvgIpc) is 2.71. The van der Waals surface area contributed by atoms with Gasteiger partial charge in [-0.25, -0.2) is 0 Å². The number of nitrogens with zero attached hydrogens (tertiary/aromatic N) is 1. The van der Waals surface area contributed by atoms with Crippen LogP contribution < -0.4 is 5.43 Å². The van der Waals surface area contributed by atoms with E-state index in [2.05, 4.69) is 5.43 Å². The van der Waals surface area contributed by atoms with Gasteiger partial charge in [0, 0.05) is 17.3 Å². The summed E-state index contributed by atoms with van der Waals surface area (Å²) >= 11 is 7.40. The topological polar surface area (TPSA) is 17.0 Å². The Balaban J connectivity index is 1.93. The van der Waals surface area contributed by atoms with Crippen LogP contribution in [0.1, 0.15) is 4.88 Å². The average molecular weight is 213 g/mol. The highest BCUT2D eigenvalue weighted by molar-refractivity contribution is 7.16. The molecule has 0 saturated heterocycles. The summed E-state index contributed by atoms with van der Waals surface area (Å²) in [4.78, 5) is 1.23. The predicted octanol–water partition coefficient (Wildman–Crippen LogP) is 2.95. The summed E-state index contributed by atoms with van der Waals surface area (Å²) in [5.41, 5.74) is 3.22. The lowest BCUT2D eigenvalue weighted by Crippen LogP contribution is -2.10. The van der Waals surface area contributed by atoms with E-state index < -0.39 is 0 Å². The lowest BCUT2D eigenvalue weighted by atomic mass is 10.5. The molecule has 0 unspecified atom stereocenters. The Morgan fingerprint density at radius 3 is 2.69 bits per heavy atom. The maximum Gasteiger partial charge on any atom is 0.0931 e. The number of halogens is 1. The minimum absolute atomic E-state index is 0.812. The summed E-state index contributed by atoms with van der Waals surface area (Å²) in [5.74, 6) is 0. The predicted molar refractivity (Wildman–Crippen MR) is 56.8 cm³/mol. The van der Waals surface area contributed by atoms with E-state index in [1.54, 1.807) is 11.3 Å². The quantitative estimate of drug-likeness (QED) is 0.828. The standard InChI is InChI=1S/C9H9ClN2S/c10-9-4-3-8(13-9)7-11-12-5-1-2-6-12/h1-6,11H,7H2. The third kappa shape index (κ3) is 2.26. The van der Waals surface area contributed by atoms with Crippen molar-refractivity contribution in [2.45, 2.75) is 6.54 Å². The summed E-state index contributed by atoms with van der Waals surface area (Å²) in [6, 6.07) is 7.91. The second-order valence-corrected chi connectivity index (χ2v) is 4.43. The van der Waals surface area contributed by atoms with Crippen LogP contribution >= 0.6 is 22.9 Å². The molecule has 0 bridgehead atoms. The normalized spacial score (nSPS) is 10.2. The van der Waals surface area contributed by atoms with Crippen LogP contribution in [0.15, 0.2) is 36.7 Å². The zero-order chi connectivity index (χ0) is 9.10. The second-order valence-electron chi connectivity index (χ2n) is 2.63. The van der Waals surface area contributed by atoms with Gasteiger partial charge in [-0.3, -0.25) is 4.68 Å². The highest BCUT2D eigenvalue weighted by Gasteiger charge is 1.96. The Morgan fingerprint density at radius 1 is 1.31 bits per heavy atom. The number of hydrogen-bond acceptors (Lipinski definition) is 2. The van der Waals surface area contributed by atoms with Crippen LogP contribution in [0.3, 0.4) is 0 Å². The lowest BCUT2D eigenvalue weighted by molar-refractivity contribution is 0.855. The molecule has 0 fully saturated rings. The van der Waals surface area contributed by atoms with Crippen LogP contribution in [0.5, 0.6) is 0 Å². The van der Waals surface area contributed by atoms with Crippen LogP contribution in [-0.4, -0.2) is 4.68 Å². The molecule has 68 valence electrons. The number of rotatable bonds is 3. The van der Waals surface area contributed by atoms with Gasteiger partial charge in [0.15, 0.2) is 0 Å². The molecule has 0 spiro atoms. The minimum atomic E-state index is 0.812. The summed E-state index contributed by atoms with van der Waals surface area (Å²) in [6.07, 6.45) is 3.93. The first-order valence-corrected chi connectivity index (χ1v) is 5.15. The first-order valence-electron chi connectivity index (χ1n) is 3.96. The molecule has 2 heterocycles. The van der Waals surface area contributed by atoms with Crippen molar-refractivity contribution in [3.05, 3.63) is 45.9 Å². The molecule has 0 saturated carbocycles. The van der Waals surface area contributed by atoms with Crippen molar-refractivity contribution in [1.29, 1.82) is 0 Å². The van der Waals surface area contributed by atoms with Gasteiger partial charge in [-0.05, 0) is 24.3 Å². The number of nitrogens with one attached hydrogen (secondary N) is 1. The Bertz CT molecular complexity index is 367. The fraction of sp³-hybridized carbons (Fsp3) is 0.111. The number of hydrogen-bond donors (Lipinski definition) is 1. The van der Waals surface area contributed by atoms with Gasteiger partial charge in [-0.15, -0.1) is 11.3 Å². The molecule has 0 aliphatic carbocycles. The molecule has 0 aliphatic rings. The Morgan fingerprint density at radius 2 is 2.08 bits per heavy atom. The Labute approximate surface area is 85.7 Å². The van der Waals surface area contributed by atoms with E-state index >= 15 is 0 Å². The van der Waals surface area contributed by atoms with Crippen LogP contribution in [-0.2, 0) is 6.54 Å². The number of aromatic nitrogens is 1. The molecule has 0 aliphatic heterocycles. The SMILES string of the molecule is Clc1ccc(CNn2cccc2)s1. The molecule has 13 heavy (non-hydrogen) atoms. The highest BCUT2D eigenvalue weighted by atomic mass is 35.5. The molecule has 0 radical (unpaired) electrons. The van der Waals surface area contributed by atoms with Crippen molar-refractivity contribution < 1.29 is 0 Å². The monoisotopic (exact) mass is 212 g/mol. The van der Waals surface area contributed by atoms with Crippen molar-refractivity contribution >= 4 is 22.9 Å². The van der Waals surface area contributed by atoms with Gasteiger partial charge >= 0.3 is 0 Å². The number of thiophene rings is 1. The highest BCUT2D eigenvalue weighted by Crippen LogP contribution is 2.21. The van der Waals surface area contributed by atoms with Crippen LogP contribution in [0.4, 0.5) is 0 Å². The molecule has 2 aromatic rings. The summed E-state index contributed by atoms with van der Waals surface area (Å²) in [6.45, 7) is 0.812. The molecule has 0 atom stereocenters. The van der Waals surface area contributed by atoms with Crippen LogP contribution in [0.25, 0.3) is 0 Å². The van der Waals surface area contributed by atoms with Crippen molar-refractivity contribution in [2.75, 3.05) is 5.43 Å².